The Kier molecular flexibility index (Phi) is 6.31. The predicted molar refractivity (Wildman–Crippen MR) is 126 cm³/mol. The number of benzene rings is 1. The first kappa shape index (κ1) is 22.3. The summed E-state index contributed by atoms with van der Waals surface area (Å²) in [5.74, 6) is -0.670. The van der Waals surface area contributed by atoms with E-state index in [1.54, 1.807) is 42.3 Å². The van der Waals surface area contributed by atoms with Crippen molar-refractivity contribution in [2.45, 2.75) is 44.9 Å². The number of allylic oxidation sites excluding steroid dienone is 3. The van der Waals surface area contributed by atoms with Crippen molar-refractivity contribution < 1.29 is 14.4 Å². The number of rotatable bonds is 5. The molecule has 1 aromatic carbocycles. The number of anilines is 2. The van der Waals surface area contributed by atoms with Crippen LogP contribution in [0.5, 0.6) is 0 Å². The van der Waals surface area contributed by atoms with Crippen molar-refractivity contribution in [1.82, 2.24) is 4.98 Å². The molecule has 0 unspecified atom stereocenters. The van der Waals surface area contributed by atoms with Gasteiger partial charge in [-0.25, -0.2) is 0 Å². The van der Waals surface area contributed by atoms with Crippen LogP contribution >= 0.6 is 0 Å². The molecule has 4 N–H and O–H groups in total. The molecule has 0 spiro atoms. The lowest BCUT2D eigenvalue weighted by atomic mass is 9.88. The van der Waals surface area contributed by atoms with E-state index >= 15 is 0 Å². The van der Waals surface area contributed by atoms with E-state index in [1.165, 1.54) is 6.42 Å². The van der Waals surface area contributed by atoms with Crippen molar-refractivity contribution in [3.05, 3.63) is 47.1 Å². The second-order valence-corrected chi connectivity index (χ2v) is 8.65. The third-order valence-corrected chi connectivity index (χ3v) is 6.52. The van der Waals surface area contributed by atoms with Gasteiger partial charge in [0, 0.05) is 40.7 Å². The summed E-state index contributed by atoms with van der Waals surface area (Å²) in [7, 11) is 1.76. The number of aromatic nitrogens is 1. The molecule has 170 valence electrons. The van der Waals surface area contributed by atoms with E-state index in [-0.39, 0.29) is 29.1 Å². The van der Waals surface area contributed by atoms with Gasteiger partial charge in [-0.15, -0.1) is 0 Å². The molecule has 8 heteroatoms. The molecule has 2 aliphatic rings. The van der Waals surface area contributed by atoms with Crippen LogP contribution in [0.15, 0.2) is 41.5 Å². The summed E-state index contributed by atoms with van der Waals surface area (Å²) in [6.07, 6.45) is 9.35. The number of nitrogens with zero attached hydrogens (tertiary/aromatic N) is 2. The molecule has 2 aromatic rings. The lowest BCUT2D eigenvalue weighted by molar-refractivity contribution is -0.123. The zero-order chi connectivity index (χ0) is 23.5. The number of nitrogens with two attached hydrogens (primary N) is 1. The van der Waals surface area contributed by atoms with Crippen LogP contribution in [0.2, 0.25) is 0 Å². The fourth-order valence-electron chi connectivity index (χ4n) is 4.61. The number of carbonyl (C=O) groups is 3. The number of hydrogen-bond donors (Lipinski definition) is 3. The minimum Gasteiger partial charge on any atom is -0.365 e. The van der Waals surface area contributed by atoms with Crippen LogP contribution in [0.4, 0.5) is 11.5 Å². The number of primary amides is 1. The Labute approximate surface area is 192 Å². The van der Waals surface area contributed by atoms with E-state index in [1.807, 2.05) is 0 Å². The van der Waals surface area contributed by atoms with Gasteiger partial charge in [-0.05, 0) is 50.0 Å². The van der Waals surface area contributed by atoms with E-state index in [9.17, 15) is 14.4 Å². The fraction of sp³-hybridized carbons (Fsp3) is 0.360. The smallest absolute Gasteiger partial charge is 0.253 e. The van der Waals surface area contributed by atoms with Crippen LogP contribution < -0.4 is 16.0 Å². The van der Waals surface area contributed by atoms with Crippen molar-refractivity contribution in [2.24, 2.45) is 11.7 Å². The first-order chi connectivity index (χ1) is 15.9. The summed E-state index contributed by atoms with van der Waals surface area (Å²) in [5.41, 5.74) is 8.26. The standard InChI is InChI=1S/C25H27N5O3/c1-30(25(33)17-5-3-2-4-6-17)18-11-12-19-20(13-18)28-23(21(19)22(27)31)29-24(32)16-9-7-15(14-26)8-10-16/h7,9,11-13,17,28H,2-6,8,10H2,1H3,(H2,27,31)(H,29,32). The van der Waals surface area contributed by atoms with Crippen LogP contribution in [-0.2, 0) is 9.59 Å². The number of amides is 3. The topological polar surface area (TPSA) is 132 Å². The molecule has 1 fully saturated rings. The Balaban J connectivity index is 1.61. The van der Waals surface area contributed by atoms with E-state index < -0.39 is 5.91 Å². The van der Waals surface area contributed by atoms with Crippen LogP contribution in [0.3, 0.4) is 0 Å². The van der Waals surface area contributed by atoms with Gasteiger partial charge in [0.15, 0.2) is 0 Å². The Morgan fingerprint density at radius 3 is 2.55 bits per heavy atom. The van der Waals surface area contributed by atoms with E-state index in [0.29, 0.717) is 40.6 Å². The number of nitriles is 1. The molecule has 1 heterocycles. The number of carbonyl (C=O) groups excluding carboxylic acids is 3. The van der Waals surface area contributed by atoms with Crippen LogP contribution in [0.25, 0.3) is 10.9 Å². The lowest BCUT2D eigenvalue weighted by Crippen LogP contribution is -2.33. The molecule has 0 bridgehead atoms. The third kappa shape index (κ3) is 4.53. The summed E-state index contributed by atoms with van der Waals surface area (Å²) in [4.78, 5) is 42.6. The Morgan fingerprint density at radius 2 is 1.91 bits per heavy atom. The first-order valence-electron chi connectivity index (χ1n) is 11.2. The highest BCUT2D eigenvalue weighted by atomic mass is 16.2. The van der Waals surface area contributed by atoms with E-state index in [4.69, 9.17) is 11.0 Å². The van der Waals surface area contributed by atoms with Crippen molar-refractivity contribution in [3.8, 4) is 6.07 Å². The molecule has 0 atom stereocenters. The Hall–Kier alpha value is -3.86. The predicted octanol–water partition coefficient (Wildman–Crippen LogP) is 3.92. The van der Waals surface area contributed by atoms with Gasteiger partial charge in [-0.1, -0.05) is 25.3 Å². The SMILES string of the molecule is CN(C(=O)C1CCCCC1)c1ccc2c(C(N)=O)c(NC(=O)C3=CC=C(C#N)CC3)[nH]c2c1. The molecule has 0 saturated heterocycles. The van der Waals surface area contributed by atoms with Crippen molar-refractivity contribution >= 4 is 40.1 Å². The van der Waals surface area contributed by atoms with E-state index in [0.717, 1.165) is 25.7 Å². The number of aromatic amines is 1. The molecular weight excluding hydrogens is 418 g/mol. The second-order valence-electron chi connectivity index (χ2n) is 8.65. The zero-order valence-electron chi connectivity index (χ0n) is 18.6. The molecule has 0 radical (unpaired) electrons. The Morgan fingerprint density at radius 1 is 1.15 bits per heavy atom. The second kappa shape index (κ2) is 9.33. The molecule has 1 saturated carbocycles. The van der Waals surface area contributed by atoms with Crippen LogP contribution in [0.1, 0.15) is 55.3 Å². The maximum absolute atomic E-state index is 12.9. The van der Waals surface area contributed by atoms with Gasteiger partial charge < -0.3 is 20.9 Å². The van der Waals surface area contributed by atoms with Gasteiger partial charge in [0.1, 0.15) is 5.82 Å². The van der Waals surface area contributed by atoms with Crippen LogP contribution in [-0.4, -0.2) is 29.8 Å². The number of H-pyrrole nitrogens is 1. The molecule has 3 amide bonds. The molecule has 4 rings (SSSR count). The van der Waals surface area contributed by atoms with Gasteiger partial charge >= 0.3 is 0 Å². The highest BCUT2D eigenvalue weighted by Crippen LogP contribution is 2.32. The van der Waals surface area contributed by atoms with E-state index in [2.05, 4.69) is 16.4 Å². The zero-order valence-corrected chi connectivity index (χ0v) is 18.6. The quantitative estimate of drug-likeness (QED) is 0.643. The van der Waals surface area contributed by atoms with Gasteiger partial charge in [-0.3, -0.25) is 14.4 Å². The number of hydrogen-bond acceptors (Lipinski definition) is 4. The molecule has 8 nitrogen and oxygen atoms in total. The summed E-state index contributed by atoms with van der Waals surface area (Å²) in [6, 6.07) is 7.40. The number of nitrogens with one attached hydrogen (secondary N) is 2. The third-order valence-electron chi connectivity index (χ3n) is 6.52. The van der Waals surface area contributed by atoms with Gasteiger partial charge in [0.2, 0.25) is 5.91 Å². The minimum absolute atomic E-state index is 0.0403. The van der Waals surface area contributed by atoms with Crippen molar-refractivity contribution in [2.75, 3.05) is 17.3 Å². The largest absolute Gasteiger partial charge is 0.365 e. The molecular formula is C25H27N5O3. The molecule has 2 aliphatic carbocycles. The first-order valence-corrected chi connectivity index (χ1v) is 11.2. The minimum atomic E-state index is -0.666. The summed E-state index contributed by atoms with van der Waals surface area (Å²) >= 11 is 0. The highest BCUT2D eigenvalue weighted by molar-refractivity contribution is 6.15. The molecule has 33 heavy (non-hydrogen) atoms. The highest BCUT2D eigenvalue weighted by Gasteiger charge is 2.26. The summed E-state index contributed by atoms with van der Waals surface area (Å²) < 4.78 is 0. The number of fused-ring (bicyclic) bond motifs is 1. The maximum atomic E-state index is 12.9. The van der Waals surface area contributed by atoms with Gasteiger partial charge in [0.05, 0.1) is 11.6 Å². The molecule has 1 aromatic heterocycles. The van der Waals surface area contributed by atoms with Gasteiger partial charge in [0.25, 0.3) is 11.8 Å². The molecule has 0 aliphatic heterocycles. The Bertz CT molecular complexity index is 1220. The monoisotopic (exact) mass is 445 g/mol. The van der Waals surface area contributed by atoms with Crippen LogP contribution in [0, 0.1) is 17.2 Å². The summed E-state index contributed by atoms with van der Waals surface area (Å²) in [5, 5.41) is 12.3. The summed E-state index contributed by atoms with van der Waals surface area (Å²) in [6.45, 7) is 0. The average molecular weight is 446 g/mol. The fourth-order valence-corrected chi connectivity index (χ4v) is 4.61. The van der Waals surface area contributed by atoms with Gasteiger partial charge in [-0.2, -0.15) is 5.26 Å². The van der Waals surface area contributed by atoms with Crippen molar-refractivity contribution in [1.29, 1.82) is 5.26 Å². The maximum Gasteiger partial charge on any atom is 0.253 e. The average Bonchev–Trinajstić information content (AvgIpc) is 3.20. The normalized spacial score (nSPS) is 16.5. The lowest BCUT2D eigenvalue weighted by Gasteiger charge is -2.26. The van der Waals surface area contributed by atoms with Crippen molar-refractivity contribution in [3.63, 3.8) is 0 Å².